The fourth-order valence-electron chi connectivity index (χ4n) is 2.71. The van der Waals surface area contributed by atoms with Crippen LogP contribution in [0.1, 0.15) is 54.9 Å². The molecule has 1 saturated heterocycles. The van der Waals surface area contributed by atoms with E-state index in [2.05, 4.69) is 12.0 Å². The molecule has 0 bridgehead atoms. The highest BCUT2D eigenvalue weighted by atomic mass is 32.2. The molecule has 0 aromatic rings. The molecule has 31 heavy (non-hydrogen) atoms. The van der Waals surface area contributed by atoms with Crippen molar-refractivity contribution in [3.8, 4) is 0 Å². The van der Waals surface area contributed by atoms with E-state index >= 15 is 0 Å². The van der Waals surface area contributed by atoms with E-state index in [1.54, 1.807) is 34.6 Å². The Bertz CT molecular complexity index is 637. The highest BCUT2D eigenvalue weighted by molar-refractivity contribution is 8.13. The number of carbonyl (C=O) groups is 2. The third-order valence-corrected chi connectivity index (χ3v) is 7.86. The standard InChI is InChI=1S/C20H39N2O7PS/c1-13(2)28-18(24)15(4)22-30(21,27-11-17-10-14(3)16(5)29-17)26-8-9-31-19(25)20(6,7)12-23/h13-17,23H,8-12H2,1-7H3,(H2,21,22)/t14-,15+,16-,17-,30?/m0/s1. The highest BCUT2D eigenvalue weighted by Crippen LogP contribution is 2.46. The summed E-state index contributed by atoms with van der Waals surface area (Å²) in [6, 6.07) is -0.793. The summed E-state index contributed by atoms with van der Waals surface area (Å²) >= 11 is 1.04. The number of ether oxygens (including phenoxy) is 2. The Balaban J connectivity index is 2.69. The maximum Gasteiger partial charge on any atom is 0.323 e. The summed E-state index contributed by atoms with van der Waals surface area (Å²) in [6.45, 7) is 12.6. The average molecular weight is 483 g/mol. The first-order valence-corrected chi connectivity index (χ1v) is 13.3. The number of hydrogen-bond donors (Lipinski definition) is 3. The zero-order valence-corrected chi connectivity index (χ0v) is 21.4. The minimum Gasteiger partial charge on any atom is -0.462 e. The van der Waals surface area contributed by atoms with Gasteiger partial charge in [-0.3, -0.25) is 14.8 Å². The number of aliphatic hydroxyl groups excluding tert-OH is 1. The van der Waals surface area contributed by atoms with Gasteiger partial charge in [-0.2, -0.15) is 0 Å². The van der Waals surface area contributed by atoms with Crippen molar-refractivity contribution in [2.45, 2.75) is 79.2 Å². The summed E-state index contributed by atoms with van der Waals surface area (Å²) in [5.41, 5.74) is -0.838. The number of nitrogens with one attached hydrogen (secondary N) is 2. The van der Waals surface area contributed by atoms with Gasteiger partial charge in [0.25, 0.3) is 7.66 Å². The molecule has 1 heterocycles. The minimum absolute atomic E-state index is 0.0759. The summed E-state index contributed by atoms with van der Waals surface area (Å²) in [7, 11) is -3.38. The van der Waals surface area contributed by atoms with E-state index in [4.69, 9.17) is 23.7 Å². The zero-order valence-electron chi connectivity index (χ0n) is 19.7. The molecule has 5 atom stereocenters. The van der Waals surface area contributed by atoms with E-state index in [1.165, 1.54) is 0 Å². The number of aliphatic hydroxyl groups is 1. The summed E-state index contributed by atoms with van der Waals surface area (Å²) in [5, 5.41) is 20.7. The largest absolute Gasteiger partial charge is 0.462 e. The molecule has 9 nitrogen and oxygen atoms in total. The fraction of sp³-hybridized carbons (Fsp3) is 0.900. The fourth-order valence-corrected chi connectivity index (χ4v) is 5.20. The molecule has 182 valence electrons. The molecular weight excluding hydrogens is 443 g/mol. The third kappa shape index (κ3) is 9.90. The van der Waals surface area contributed by atoms with E-state index in [9.17, 15) is 14.7 Å². The molecule has 0 spiro atoms. The van der Waals surface area contributed by atoms with Crippen molar-refractivity contribution in [1.82, 2.24) is 5.09 Å². The average Bonchev–Trinajstić information content (AvgIpc) is 3.00. The van der Waals surface area contributed by atoms with Crippen molar-refractivity contribution in [3.05, 3.63) is 0 Å². The van der Waals surface area contributed by atoms with Gasteiger partial charge >= 0.3 is 5.97 Å². The van der Waals surface area contributed by atoms with E-state index in [1.807, 2.05) is 6.92 Å². The zero-order chi connectivity index (χ0) is 23.8. The van der Waals surface area contributed by atoms with Gasteiger partial charge in [0.2, 0.25) is 0 Å². The van der Waals surface area contributed by atoms with Crippen LogP contribution in [0.5, 0.6) is 0 Å². The van der Waals surface area contributed by atoms with Crippen LogP contribution in [0.15, 0.2) is 0 Å². The van der Waals surface area contributed by atoms with Crippen molar-refractivity contribution in [3.63, 3.8) is 0 Å². The van der Waals surface area contributed by atoms with E-state index in [-0.39, 0.29) is 43.2 Å². The van der Waals surface area contributed by atoms with Crippen molar-refractivity contribution in [2.24, 2.45) is 11.3 Å². The van der Waals surface area contributed by atoms with Gasteiger partial charge in [0.05, 0.1) is 43.5 Å². The Morgan fingerprint density at radius 2 is 1.94 bits per heavy atom. The molecule has 0 aromatic carbocycles. The molecular formula is C20H39N2O7PS. The summed E-state index contributed by atoms with van der Waals surface area (Å²) < 4.78 is 22.6. The summed E-state index contributed by atoms with van der Waals surface area (Å²) in [4.78, 5) is 24.3. The maximum absolute atomic E-state index is 12.2. The second kappa shape index (κ2) is 12.7. The van der Waals surface area contributed by atoms with E-state index in [0.717, 1.165) is 18.2 Å². The predicted molar refractivity (Wildman–Crippen MR) is 122 cm³/mol. The Kier molecular flexibility index (Phi) is 11.7. The molecule has 0 radical (unpaired) electrons. The molecule has 0 aromatic heterocycles. The van der Waals surface area contributed by atoms with Crippen LogP contribution >= 0.6 is 19.4 Å². The van der Waals surface area contributed by atoms with Crippen LogP contribution in [-0.2, 0) is 28.1 Å². The minimum atomic E-state index is -3.38. The van der Waals surface area contributed by atoms with Crippen LogP contribution in [0.3, 0.4) is 0 Å². The Hall–Kier alpha value is -0.480. The SMILES string of the molecule is CC(C)OC(=O)[C@@H](C)NP(=N)(OCCSC(=O)C(C)(C)CO)OC[C@@H]1C[C@H](C)[C@H](C)O1. The Labute approximate surface area is 190 Å². The molecule has 1 unspecified atom stereocenters. The lowest BCUT2D eigenvalue weighted by molar-refractivity contribution is -0.149. The van der Waals surface area contributed by atoms with Gasteiger partial charge in [0.15, 0.2) is 5.12 Å². The maximum atomic E-state index is 12.2. The summed E-state index contributed by atoms with van der Waals surface area (Å²) in [6.07, 6.45) is 0.536. The van der Waals surface area contributed by atoms with Crippen molar-refractivity contribution < 1.29 is 33.2 Å². The molecule has 1 aliphatic rings. The van der Waals surface area contributed by atoms with Crippen LogP contribution in [0, 0.1) is 16.5 Å². The lowest BCUT2D eigenvalue weighted by atomic mass is 9.97. The number of esters is 1. The monoisotopic (exact) mass is 482 g/mol. The van der Waals surface area contributed by atoms with Crippen LogP contribution in [-0.4, -0.2) is 66.1 Å². The molecule has 0 aliphatic carbocycles. The molecule has 0 saturated carbocycles. The van der Waals surface area contributed by atoms with Crippen LogP contribution in [0.4, 0.5) is 0 Å². The van der Waals surface area contributed by atoms with Gasteiger partial charge in [-0.1, -0.05) is 18.7 Å². The number of carbonyl (C=O) groups excluding carboxylic acids is 2. The summed E-state index contributed by atoms with van der Waals surface area (Å²) in [5.74, 6) is 0.206. The van der Waals surface area contributed by atoms with Gasteiger partial charge in [-0.25, -0.2) is 5.09 Å². The molecule has 0 amide bonds. The van der Waals surface area contributed by atoms with Crippen molar-refractivity contribution in [2.75, 3.05) is 25.6 Å². The lowest BCUT2D eigenvalue weighted by Gasteiger charge is -2.27. The Morgan fingerprint density at radius 3 is 2.45 bits per heavy atom. The van der Waals surface area contributed by atoms with Gasteiger partial charge in [-0.05, 0) is 53.9 Å². The number of rotatable bonds is 13. The van der Waals surface area contributed by atoms with Gasteiger partial charge in [0.1, 0.15) is 6.04 Å². The lowest BCUT2D eigenvalue weighted by Crippen LogP contribution is -2.36. The quantitative estimate of drug-likeness (QED) is 0.205. The van der Waals surface area contributed by atoms with Crippen LogP contribution < -0.4 is 5.09 Å². The molecule has 1 rings (SSSR count). The highest BCUT2D eigenvalue weighted by Gasteiger charge is 2.33. The Morgan fingerprint density at radius 1 is 1.29 bits per heavy atom. The topological polar surface area (TPSA) is 127 Å². The van der Waals surface area contributed by atoms with Crippen molar-refractivity contribution in [1.29, 1.82) is 5.16 Å². The first-order chi connectivity index (χ1) is 14.3. The molecule has 11 heteroatoms. The van der Waals surface area contributed by atoms with Gasteiger partial charge in [-0.15, -0.1) is 0 Å². The van der Waals surface area contributed by atoms with Crippen LogP contribution in [0.2, 0.25) is 0 Å². The second-order valence-electron chi connectivity index (χ2n) is 8.87. The first-order valence-electron chi connectivity index (χ1n) is 10.6. The third-order valence-electron chi connectivity index (χ3n) is 4.89. The van der Waals surface area contributed by atoms with Crippen molar-refractivity contribution >= 4 is 30.5 Å². The first kappa shape index (κ1) is 28.6. The molecule has 1 fully saturated rings. The van der Waals surface area contributed by atoms with E-state index < -0.39 is 25.1 Å². The van der Waals surface area contributed by atoms with Gasteiger partial charge in [0, 0.05) is 5.75 Å². The number of thioether (sulfide) groups is 1. The smallest absolute Gasteiger partial charge is 0.323 e. The van der Waals surface area contributed by atoms with Crippen LogP contribution in [0.25, 0.3) is 0 Å². The van der Waals surface area contributed by atoms with E-state index in [0.29, 0.717) is 11.7 Å². The molecule has 3 N–H and O–H groups in total. The predicted octanol–water partition coefficient (Wildman–Crippen LogP) is 3.57. The number of hydrogen-bond acceptors (Lipinski definition) is 9. The molecule has 1 aliphatic heterocycles. The van der Waals surface area contributed by atoms with Gasteiger partial charge < -0.3 is 23.6 Å². The normalized spacial score (nSPS) is 24.7. The second-order valence-corrected chi connectivity index (χ2v) is 11.8.